The van der Waals surface area contributed by atoms with Gasteiger partial charge in [-0.05, 0) is 0 Å². The second-order valence-corrected chi connectivity index (χ2v) is 3.04. The predicted octanol–water partition coefficient (Wildman–Crippen LogP) is -1.90. The zero-order valence-corrected chi connectivity index (χ0v) is 13.8. The van der Waals surface area contributed by atoms with Crippen LogP contribution in [0.2, 0.25) is 0 Å². The van der Waals surface area contributed by atoms with Crippen LogP contribution < -0.4 is 24.6 Å². The SMILES string of the molecule is N.N.N.N.O=[Si](O)F.O=[Si](O)F.O=[Si](O)F.O=[Si](O)F. The summed E-state index contributed by atoms with van der Waals surface area (Å²) in [5.41, 5.74) is 0. The third-order valence-corrected chi connectivity index (χ3v) is 0. The van der Waals surface area contributed by atoms with Crippen molar-refractivity contribution < 1.29 is 53.5 Å². The summed E-state index contributed by atoms with van der Waals surface area (Å²) in [6, 6.07) is 0. The van der Waals surface area contributed by atoms with Crippen molar-refractivity contribution in [2.24, 2.45) is 0 Å². The Hall–Kier alpha value is -1.17. The van der Waals surface area contributed by atoms with Gasteiger partial charge in [0.25, 0.3) is 0 Å². The highest BCUT2D eigenvalue weighted by molar-refractivity contribution is 6.23. The Morgan fingerprint density at radius 1 is 0.450 bits per heavy atom. The maximum atomic E-state index is 10.1. The fraction of sp³-hybridized carbons (Fsp3) is 0. The number of rotatable bonds is 0. The molecule has 0 unspecified atom stereocenters. The van der Waals surface area contributed by atoms with Crippen molar-refractivity contribution in [1.29, 1.82) is 0 Å². The van der Waals surface area contributed by atoms with Gasteiger partial charge in [-0.2, -0.15) is 16.4 Å². The van der Waals surface area contributed by atoms with Gasteiger partial charge in [0.2, 0.25) is 0 Å². The number of hydrogen-bond donors (Lipinski definition) is 8. The molecule has 20 heteroatoms. The molecule has 0 fully saturated rings. The molecule has 0 radical (unpaired) electrons. The van der Waals surface area contributed by atoms with Gasteiger partial charge in [-0.15, -0.1) is 0 Å². The average Bonchev–Trinajstić information content (AvgIpc) is 1.76. The van der Waals surface area contributed by atoms with E-state index >= 15 is 0 Å². The van der Waals surface area contributed by atoms with E-state index in [0.29, 0.717) is 0 Å². The normalized spacial score (nSPS) is 5.00. The second-order valence-electron chi connectivity index (χ2n) is 1.01. The molecule has 0 aliphatic carbocycles. The van der Waals surface area contributed by atoms with Gasteiger partial charge in [-0.1, -0.05) is 0 Å². The molecule has 0 aromatic carbocycles. The minimum absolute atomic E-state index is 0. The Bertz CT molecular complexity index is 179. The highest BCUT2D eigenvalue weighted by atomic mass is 28.3. The zero-order chi connectivity index (χ0) is 14.3. The van der Waals surface area contributed by atoms with Gasteiger partial charge in [0.05, 0.1) is 0 Å². The third kappa shape index (κ3) is 3070. The standard InChI is InChI=1S/4FHO2Si.4H3N/c4*1-4(2)3;;;;/h4*2H;4*1H3. The fourth-order valence-corrected chi connectivity index (χ4v) is 0. The van der Waals surface area contributed by atoms with Crippen LogP contribution in [0.15, 0.2) is 0 Å². The molecule has 0 bridgehead atoms. The van der Waals surface area contributed by atoms with E-state index in [-0.39, 0.29) is 24.6 Å². The Labute approximate surface area is 116 Å². The van der Waals surface area contributed by atoms with E-state index in [4.69, 9.17) is 37.0 Å². The molecular formula is H16F4N4O8Si4. The largest absolute Gasteiger partial charge is 0.734 e. The van der Waals surface area contributed by atoms with Crippen molar-refractivity contribution >= 4 is 37.0 Å². The number of halogens is 4. The van der Waals surface area contributed by atoms with Crippen molar-refractivity contribution in [3.8, 4) is 0 Å². The van der Waals surface area contributed by atoms with Gasteiger partial charge < -0.3 is 43.8 Å². The van der Waals surface area contributed by atoms with Crippen LogP contribution in [0.5, 0.6) is 0 Å². The van der Waals surface area contributed by atoms with E-state index < -0.39 is 37.0 Å². The summed E-state index contributed by atoms with van der Waals surface area (Å²) in [4.78, 5) is 27.7. The highest BCUT2D eigenvalue weighted by Crippen LogP contribution is 1.48. The minimum Gasteiger partial charge on any atom is -0.517 e. The van der Waals surface area contributed by atoms with E-state index in [0.717, 1.165) is 0 Å². The monoisotopic (exact) mass is 388 g/mol. The van der Waals surface area contributed by atoms with Crippen LogP contribution in [-0.4, -0.2) is 56.2 Å². The summed E-state index contributed by atoms with van der Waals surface area (Å²) in [6.07, 6.45) is 0. The van der Waals surface area contributed by atoms with Crippen LogP contribution in [0.1, 0.15) is 0 Å². The summed E-state index contributed by atoms with van der Waals surface area (Å²) >= 11 is 0. The first-order valence-electron chi connectivity index (χ1n) is 2.47. The Morgan fingerprint density at radius 3 is 0.450 bits per heavy atom. The molecule has 128 valence electrons. The molecule has 0 aliphatic rings. The summed E-state index contributed by atoms with van der Waals surface area (Å²) < 4.78 is 74.5. The highest BCUT2D eigenvalue weighted by Gasteiger charge is 1.88. The van der Waals surface area contributed by atoms with Gasteiger partial charge in [0.1, 0.15) is 0 Å². The molecule has 0 aromatic rings. The smallest absolute Gasteiger partial charge is 0.517 e. The van der Waals surface area contributed by atoms with E-state index in [1.807, 2.05) is 0 Å². The molecule has 0 atom stereocenters. The van der Waals surface area contributed by atoms with Crippen molar-refractivity contribution in [3.63, 3.8) is 0 Å². The summed E-state index contributed by atoms with van der Waals surface area (Å²) in [5.74, 6) is 0. The number of hydrogen-bond acceptors (Lipinski definition) is 8. The van der Waals surface area contributed by atoms with Crippen LogP contribution in [0.25, 0.3) is 0 Å². The molecule has 0 aromatic heterocycles. The first-order chi connectivity index (χ1) is 6.93. The van der Waals surface area contributed by atoms with Crippen LogP contribution in [-0.2, 0) is 17.8 Å². The van der Waals surface area contributed by atoms with Crippen molar-refractivity contribution in [1.82, 2.24) is 24.6 Å². The molecule has 0 rings (SSSR count). The van der Waals surface area contributed by atoms with Gasteiger partial charge in [0, 0.05) is 0 Å². The first kappa shape index (κ1) is 51.0. The first-order valence-corrected chi connectivity index (χ1v) is 7.40. The van der Waals surface area contributed by atoms with Crippen molar-refractivity contribution in [3.05, 3.63) is 0 Å². The van der Waals surface area contributed by atoms with Gasteiger partial charge in [-0.3, -0.25) is 17.8 Å². The molecule has 16 N–H and O–H groups in total. The Balaban J connectivity index is -0.0000000150. The zero-order valence-electron chi connectivity index (χ0n) is 9.76. The lowest BCUT2D eigenvalue weighted by Crippen LogP contribution is -1.79. The second kappa shape index (κ2) is 43.1. The maximum absolute atomic E-state index is 10.1. The van der Waals surface area contributed by atoms with Crippen LogP contribution in [0.3, 0.4) is 0 Å². The van der Waals surface area contributed by atoms with Crippen LogP contribution >= 0.6 is 0 Å². The quantitative estimate of drug-likeness (QED) is 0.128. The molecule has 0 spiro atoms. The van der Waals surface area contributed by atoms with E-state index in [2.05, 4.69) is 0 Å². The average molecular weight is 388 g/mol. The summed E-state index contributed by atoms with van der Waals surface area (Å²) in [5, 5.41) is 0. The fourth-order valence-electron chi connectivity index (χ4n) is 0. The van der Waals surface area contributed by atoms with E-state index in [1.54, 1.807) is 0 Å². The molecule has 0 aliphatic heterocycles. The van der Waals surface area contributed by atoms with Crippen LogP contribution in [0, 0.1) is 0 Å². The van der Waals surface area contributed by atoms with Crippen molar-refractivity contribution in [2.75, 3.05) is 0 Å². The lowest BCUT2D eigenvalue weighted by Gasteiger charge is -1.49. The van der Waals surface area contributed by atoms with Gasteiger partial charge in [0.15, 0.2) is 0 Å². The molecule has 0 saturated carbocycles. The maximum Gasteiger partial charge on any atom is 0.734 e. The Morgan fingerprint density at radius 2 is 0.450 bits per heavy atom. The lowest BCUT2D eigenvalue weighted by molar-refractivity contribution is 0.388. The topological polar surface area (TPSA) is 289 Å². The molecule has 0 amide bonds. The van der Waals surface area contributed by atoms with Crippen molar-refractivity contribution in [2.45, 2.75) is 0 Å². The molecular weight excluding hydrogens is 372 g/mol. The van der Waals surface area contributed by atoms with E-state index in [1.165, 1.54) is 0 Å². The summed E-state index contributed by atoms with van der Waals surface area (Å²) in [6.45, 7) is 0. The molecule has 20 heavy (non-hydrogen) atoms. The Kier molecular flexibility index (Phi) is 110. The molecule has 12 nitrogen and oxygen atoms in total. The molecule has 0 saturated heterocycles. The van der Waals surface area contributed by atoms with Gasteiger partial charge in [-0.25, -0.2) is 0 Å². The lowest BCUT2D eigenvalue weighted by atomic mass is 14.0. The van der Waals surface area contributed by atoms with Gasteiger partial charge >= 0.3 is 37.0 Å². The van der Waals surface area contributed by atoms with Crippen LogP contribution in [0.4, 0.5) is 16.4 Å². The summed E-state index contributed by atoms with van der Waals surface area (Å²) in [7, 11) is -14.5. The molecule has 0 heterocycles. The minimum atomic E-state index is -3.63. The predicted molar refractivity (Wildman–Crippen MR) is 59.2 cm³/mol. The third-order valence-electron chi connectivity index (χ3n) is 0. The van der Waals surface area contributed by atoms with E-state index in [9.17, 15) is 16.4 Å².